The maximum Gasteiger partial charge on any atom is 0.243 e. The maximum absolute atomic E-state index is 13.6. The summed E-state index contributed by atoms with van der Waals surface area (Å²) >= 11 is 0. The molecule has 2 saturated heterocycles. The van der Waals surface area contributed by atoms with Gasteiger partial charge < -0.3 is 25.6 Å². The lowest BCUT2D eigenvalue weighted by atomic mass is 9.86. The van der Waals surface area contributed by atoms with Gasteiger partial charge in [-0.25, -0.2) is 8.42 Å². The molecule has 0 radical (unpaired) electrons. The van der Waals surface area contributed by atoms with Gasteiger partial charge in [0.25, 0.3) is 0 Å². The van der Waals surface area contributed by atoms with E-state index in [0.29, 0.717) is 49.5 Å². The first-order valence-electron chi connectivity index (χ1n) is 14.2. The van der Waals surface area contributed by atoms with E-state index in [1.807, 2.05) is 44.2 Å². The number of nitrogens with two attached hydrogens (primary N) is 1. The Hall–Kier alpha value is -2.50. The highest BCUT2D eigenvalue weighted by Crippen LogP contribution is 2.52. The molecule has 0 spiro atoms. The molecule has 3 aliphatic rings. The first kappa shape index (κ1) is 29.0. The molecule has 7 atom stereocenters. The number of benzene rings is 2. The van der Waals surface area contributed by atoms with E-state index in [-0.39, 0.29) is 42.0 Å². The lowest BCUT2D eigenvalue weighted by molar-refractivity contribution is -0.165. The van der Waals surface area contributed by atoms with Crippen LogP contribution in [0.3, 0.4) is 0 Å². The van der Waals surface area contributed by atoms with Crippen LogP contribution in [0.2, 0.25) is 0 Å². The Balaban J connectivity index is 1.33. The number of amides is 1. The van der Waals surface area contributed by atoms with Crippen molar-refractivity contribution in [1.82, 2.24) is 9.62 Å². The topological polar surface area (TPSA) is 131 Å². The lowest BCUT2D eigenvalue weighted by Crippen LogP contribution is -2.51. The van der Waals surface area contributed by atoms with Crippen LogP contribution in [0, 0.1) is 29.6 Å². The second kappa shape index (κ2) is 12.2. The Bertz CT molecular complexity index is 1260. The molecule has 2 aromatic rings. The molecule has 5 rings (SSSR count). The van der Waals surface area contributed by atoms with Gasteiger partial charge in [0.15, 0.2) is 6.29 Å². The Labute approximate surface area is 237 Å². The molecule has 2 aromatic carbocycles. The second-order valence-corrected chi connectivity index (χ2v) is 13.9. The molecule has 2 unspecified atom stereocenters. The third-order valence-corrected chi connectivity index (χ3v) is 10.4. The lowest BCUT2D eigenvalue weighted by Gasteiger charge is -2.31. The summed E-state index contributed by atoms with van der Waals surface area (Å²) < 4.78 is 40.1. The maximum atomic E-state index is 13.6. The molecule has 2 heterocycles. The van der Waals surface area contributed by atoms with Gasteiger partial charge >= 0.3 is 0 Å². The predicted molar refractivity (Wildman–Crippen MR) is 151 cm³/mol. The summed E-state index contributed by atoms with van der Waals surface area (Å²) in [5, 5.41) is 14.6. The van der Waals surface area contributed by atoms with Crippen LogP contribution < -0.4 is 11.1 Å². The fraction of sp³-hybridized carbons (Fsp3) is 0.567. The molecule has 1 aliphatic carbocycles. The highest BCUT2D eigenvalue weighted by molar-refractivity contribution is 7.89. The van der Waals surface area contributed by atoms with Crippen molar-refractivity contribution in [1.29, 1.82) is 0 Å². The largest absolute Gasteiger partial charge is 0.399 e. The zero-order valence-electron chi connectivity index (χ0n) is 23.2. The Kier molecular flexibility index (Phi) is 8.82. The quantitative estimate of drug-likeness (QED) is 0.334. The van der Waals surface area contributed by atoms with Crippen LogP contribution in [-0.4, -0.2) is 68.5 Å². The zero-order valence-corrected chi connectivity index (χ0v) is 24.0. The number of hydrogen-bond donors (Lipinski definition) is 3. The van der Waals surface area contributed by atoms with Crippen LogP contribution in [-0.2, 0) is 30.7 Å². The minimum absolute atomic E-state index is 0.0271. The number of aliphatic hydroxyl groups is 1. The summed E-state index contributed by atoms with van der Waals surface area (Å²) in [5.41, 5.74) is 7.19. The van der Waals surface area contributed by atoms with E-state index in [4.69, 9.17) is 15.2 Å². The fourth-order valence-corrected chi connectivity index (χ4v) is 8.21. The van der Waals surface area contributed by atoms with E-state index in [2.05, 4.69) is 5.32 Å². The van der Waals surface area contributed by atoms with Crippen molar-refractivity contribution in [3.8, 4) is 0 Å². The number of sulfonamides is 1. The number of anilines is 1. The summed E-state index contributed by atoms with van der Waals surface area (Å²) in [5.74, 6) is 1.06. The molecule has 218 valence electrons. The van der Waals surface area contributed by atoms with Crippen molar-refractivity contribution >= 4 is 21.6 Å². The van der Waals surface area contributed by atoms with Crippen molar-refractivity contribution in [3.05, 3.63) is 60.2 Å². The summed E-state index contributed by atoms with van der Waals surface area (Å²) in [6.45, 7) is 5.17. The van der Waals surface area contributed by atoms with Crippen molar-refractivity contribution < 1.29 is 27.8 Å². The molecular formula is C30H41N3O6S. The molecule has 9 nitrogen and oxygen atoms in total. The third-order valence-electron chi connectivity index (χ3n) is 8.57. The SMILES string of the molecule is CC(C)CN(C[C@@H](O)[C@H](Cc1ccccc1)NC(=O)C[C@H]1C2CO[C@H]3OC[C@@H]1C3C2)S(=O)(=O)c1ccc(N)cc1. The highest BCUT2D eigenvalue weighted by Gasteiger charge is 2.54. The van der Waals surface area contributed by atoms with Gasteiger partial charge in [0.1, 0.15) is 0 Å². The highest BCUT2D eigenvalue weighted by atomic mass is 32.2. The van der Waals surface area contributed by atoms with Gasteiger partial charge in [0.05, 0.1) is 30.3 Å². The molecule has 3 fully saturated rings. The van der Waals surface area contributed by atoms with Crippen LogP contribution in [0.5, 0.6) is 0 Å². The van der Waals surface area contributed by atoms with E-state index >= 15 is 0 Å². The van der Waals surface area contributed by atoms with Crippen LogP contribution in [0.15, 0.2) is 59.5 Å². The van der Waals surface area contributed by atoms with E-state index in [1.165, 1.54) is 16.4 Å². The first-order valence-corrected chi connectivity index (χ1v) is 15.7. The molecule has 40 heavy (non-hydrogen) atoms. The summed E-state index contributed by atoms with van der Waals surface area (Å²) in [6.07, 6.45) is 0.465. The van der Waals surface area contributed by atoms with Crippen molar-refractivity contribution in [2.75, 3.05) is 32.0 Å². The van der Waals surface area contributed by atoms with Crippen LogP contribution >= 0.6 is 0 Å². The monoisotopic (exact) mass is 571 g/mol. The average molecular weight is 572 g/mol. The minimum Gasteiger partial charge on any atom is -0.399 e. The molecular weight excluding hydrogens is 530 g/mol. The number of nitrogens with zero attached hydrogens (tertiary/aromatic N) is 1. The standard InChI is InChI=1S/C30H41N3O6S/c1-19(2)15-33(40(36,37)23-10-8-22(31)9-11-23)16-28(34)27(12-20-6-4-3-5-7-20)32-29(35)14-24-21-13-25-26(24)18-39-30(25)38-17-21/h3-11,19,21,24-28,30,34H,12-18,31H2,1-2H3,(H,32,35)/t21?,24-,25?,26-,27-,28+,30-/m0/s1. The number of ether oxygens (including phenoxy) is 2. The van der Waals surface area contributed by atoms with Gasteiger partial charge in [0.2, 0.25) is 15.9 Å². The minimum atomic E-state index is -3.90. The molecule has 1 saturated carbocycles. The van der Waals surface area contributed by atoms with E-state index in [0.717, 1.165) is 12.0 Å². The predicted octanol–water partition coefficient (Wildman–Crippen LogP) is 2.65. The smallest absolute Gasteiger partial charge is 0.243 e. The molecule has 2 aliphatic heterocycles. The van der Waals surface area contributed by atoms with E-state index < -0.39 is 22.2 Å². The first-order chi connectivity index (χ1) is 19.1. The Morgan fingerprint density at radius 2 is 1.75 bits per heavy atom. The van der Waals surface area contributed by atoms with Gasteiger partial charge in [-0.05, 0) is 66.3 Å². The zero-order chi connectivity index (χ0) is 28.4. The molecule has 1 amide bonds. The van der Waals surface area contributed by atoms with Crippen molar-refractivity contribution in [2.45, 2.75) is 56.4 Å². The number of fused-ring (bicyclic) bond motifs is 1. The molecule has 4 N–H and O–H groups in total. The average Bonchev–Trinajstić information content (AvgIpc) is 3.45. The van der Waals surface area contributed by atoms with Gasteiger partial charge in [-0.3, -0.25) is 4.79 Å². The fourth-order valence-electron chi connectivity index (χ4n) is 6.59. The van der Waals surface area contributed by atoms with Crippen molar-refractivity contribution in [3.63, 3.8) is 0 Å². The van der Waals surface area contributed by atoms with E-state index in [1.54, 1.807) is 12.1 Å². The van der Waals surface area contributed by atoms with Gasteiger partial charge in [-0.1, -0.05) is 44.2 Å². The van der Waals surface area contributed by atoms with Crippen LogP contribution in [0.25, 0.3) is 0 Å². The van der Waals surface area contributed by atoms with Gasteiger partial charge in [-0.15, -0.1) is 0 Å². The van der Waals surface area contributed by atoms with Gasteiger partial charge in [-0.2, -0.15) is 4.31 Å². The summed E-state index contributed by atoms with van der Waals surface area (Å²) in [6, 6.07) is 15.0. The number of nitrogens with one attached hydrogen (secondary N) is 1. The molecule has 0 aromatic heterocycles. The van der Waals surface area contributed by atoms with E-state index in [9.17, 15) is 18.3 Å². The third kappa shape index (κ3) is 6.36. The molecule has 2 bridgehead atoms. The number of rotatable bonds is 12. The van der Waals surface area contributed by atoms with Crippen molar-refractivity contribution in [2.24, 2.45) is 29.6 Å². The Morgan fingerprint density at radius 1 is 1.05 bits per heavy atom. The van der Waals surface area contributed by atoms with Gasteiger partial charge in [0, 0.05) is 31.1 Å². The number of carbonyl (C=O) groups excluding carboxylic acids is 1. The number of carbonyl (C=O) groups is 1. The molecule has 10 heteroatoms. The summed E-state index contributed by atoms with van der Waals surface area (Å²) in [7, 11) is -3.90. The van der Waals surface area contributed by atoms with Crippen LogP contribution in [0.1, 0.15) is 32.3 Å². The second-order valence-electron chi connectivity index (χ2n) is 11.9. The summed E-state index contributed by atoms with van der Waals surface area (Å²) in [4.78, 5) is 13.5. The van der Waals surface area contributed by atoms with Crippen LogP contribution in [0.4, 0.5) is 5.69 Å². The number of nitrogen functional groups attached to an aromatic ring is 1. The normalized spacial score (nSPS) is 27.2. The Morgan fingerprint density at radius 3 is 2.45 bits per heavy atom. The number of aliphatic hydroxyl groups excluding tert-OH is 1. The number of hydrogen-bond acceptors (Lipinski definition) is 7.